The van der Waals surface area contributed by atoms with Gasteiger partial charge < -0.3 is 0 Å². The van der Waals surface area contributed by atoms with Crippen LogP contribution in [-0.4, -0.2) is 5.78 Å². The molecule has 2 rings (SSSR count). The minimum absolute atomic E-state index is 0.195. The Labute approximate surface area is 116 Å². The lowest BCUT2D eigenvalue weighted by Crippen LogP contribution is -2.07. The minimum Gasteiger partial charge on any atom is -0.295 e. The molecular formula is C18H24O. The summed E-state index contributed by atoms with van der Waals surface area (Å²) in [6.07, 6.45) is 2.63. The number of carbonyl (C=O) groups is 1. The van der Waals surface area contributed by atoms with Crippen molar-refractivity contribution in [3.63, 3.8) is 0 Å². The van der Waals surface area contributed by atoms with Crippen LogP contribution in [0, 0.1) is 12.8 Å². The van der Waals surface area contributed by atoms with Crippen molar-refractivity contribution in [2.45, 2.75) is 53.4 Å². The molecule has 0 aromatic heterocycles. The minimum atomic E-state index is 0.195. The number of benzene rings is 1. The van der Waals surface area contributed by atoms with Gasteiger partial charge in [-0.15, -0.1) is 0 Å². The number of hydrogen-bond donors (Lipinski definition) is 0. The van der Waals surface area contributed by atoms with Gasteiger partial charge in [-0.3, -0.25) is 4.79 Å². The van der Waals surface area contributed by atoms with Crippen LogP contribution in [0.25, 0.3) is 5.57 Å². The smallest absolute Gasteiger partial charge is 0.156 e. The summed E-state index contributed by atoms with van der Waals surface area (Å²) in [4.78, 5) is 11.8. The predicted octanol–water partition coefficient (Wildman–Crippen LogP) is 4.89. The molecular weight excluding hydrogens is 232 g/mol. The Hall–Kier alpha value is -1.37. The van der Waals surface area contributed by atoms with Crippen molar-refractivity contribution in [1.82, 2.24) is 0 Å². The normalized spacial score (nSPS) is 16.5. The lowest BCUT2D eigenvalue weighted by atomic mass is 9.89. The van der Waals surface area contributed by atoms with E-state index in [9.17, 15) is 4.79 Å². The first-order valence-electron chi connectivity index (χ1n) is 7.24. The van der Waals surface area contributed by atoms with Gasteiger partial charge in [-0.2, -0.15) is 0 Å². The summed E-state index contributed by atoms with van der Waals surface area (Å²) < 4.78 is 0. The Morgan fingerprint density at radius 1 is 1.21 bits per heavy atom. The Morgan fingerprint density at radius 3 is 2.32 bits per heavy atom. The highest BCUT2D eigenvalue weighted by Crippen LogP contribution is 2.42. The quantitative estimate of drug-likeness (QED) is 0.701. The molecule has 0 bridgehead atoms. The van der Waals surface area contributed by atoms with Crippen molar-refractivity contribution in [2.75, 3.05) is 0 Å². The van der Waals surface area contributed by atoms with Gasteiger partial charge in [0.2, 0.25) is 0 Å². The molecule has 1 aromatic rings. The molecule has 0 atom stereocenters. The number of carbonyl (C=O) groups excluding carboxylic acids is 1. The molecule has 1 heteroatoms. The second-order valence-corrected chi connectivity index (χ2v) is 6.10. The Kier molecular flexibility index (Phi) is 3.93. The average Bonchev–Trinajstić information content (AvgIpc) is 3.12. The zero-order valence-electron chi connectivity index (χ0n) is 12.7. The van der Waals surface area contributed by atoms with Crippen LogP contribution in [-0.2, 0) is 4.79 Å². The van der Waals surface area contributed by atoms with Gasteiger partial charge >= 0.3 is 0 Å². The molecule has 1 fully saturated rings. The van der Waals surface area contributed by atoms with Crippen LogP contribution in [0.4, 0.5) is 0 Å². The molecule has 0 radical (unpaired) electrons. The first-order chi connectivity index (χ1) is 8.91. The highest BCUT2D eigenvalue weighted by atomic mass is 16.1. The van der Waals surface area contributed by atoms with E-state index < -0.39 is 0 Å². The molecule has 0 amide bonds. The number of rotatable bonds is 4. The summed E-state index contributed by atoms with van der Waals surface area (Å²) in [6.45, 7) is 10.1. The number of hydrogen-bond acceptors (Lipinski definition) is 1. The van der Waals surface area contributed by atoms with E-state index in [-0.39, 0.29) is 11.7 Å². The van der Waals surface area contributed by atoms with Gasteiger partial charge in [-0.05, 0) is 67.7 Å². The standard InChI is InChI=1S/C18H24O/c1-11(2)18(14(5)19)13(4)16-7-6-12(3)17(10-16)15-8-9-15/h6-7,10-11,15H,8-9H2,1-5H3/b18-13+. The summed E-state index contributed by atoms with van der Waals surface area (Å²) in [6, 6.07) is 6.65. The highest BCUT2D eigenvalue weighted by Gasteiger charge is 2.25. The molecule has 0 heterocycles. The number of allylic oxidation sites excluding steroid dienone is 2. The maximum absolute atomic E-state index is 11.8. The molecule has 0 aliphatic heterocycles. The van der Waals surface area contributed by atoms with Crippen LogP contribution < -0.4 is 0 Å². The van der Waals surface area contributed by atoms with E-state index in [2.05, 4.69) is 45.9 Å². The van der Waals surface area contributed by atoms with Gasteiger partial charge in [0.15, 0.2) is 5.78 Å². The maximum Gasteiger partial charge on any atom is 0.156 e. The molecule has 0 spiro atoms. The molecule has 19 heavy (non-hydrogen) atoms. The van der Waals surface area contributed by atoms with Crippen molar-refractivity contribution in [3.05, 3.63) is 40.5 Å². The second-order valence-electron chi connectivity index (χ2n) is 6.10. The Balaban J connectivity index is 2.48. The monoisotopic (exact) mass is 256 g/mol. The SMILES string of the molecule is CC(=O)/C(=C(\C)c1ccc(C)c(C2CC2)c1)C(C)C. The van der Waals surface area contributed by atoms with Gasteiger partial charge in [0.05, 0.1) is 0 Å². The fraction of sp³-hybridized carbons (Fsp3) is 0.500. The van der Waals surface area contributed by atoms with Crippen molar-refractivity contribution < 1.29 is 4.79 Å². The first kappa shape index (κ1) is 14.0. The molecule has 1 aliphatic rings. The second kappa shape index (κ2) is 5.32. The van der Waals surface area contributed by atoms with E-state index in [0.29, 0.717) is 0 Å². The number of aryl methyl sites for hydroxylation is 1. The van der Waals surface area contributed by atoms with E-state index >= 15 is 0 Å². The maximum atomic E-state index is 11.8. The van der Waals surface area contributed by atoms with E-state index in [1.165, 1.54) is 29.5 Å². The predicted molar refractivity (Wildman–Crippen MR) is 81.3 cm³/mol. The van der Waals surface area contributed by atoms with E-state index in [0.717, 1.165) is 17.1 Å². The van der Waals surface area contributed by atoms with Gasteiger partial charge in [-0.25, -0.2) is 0 Å². The summed E-state index contributed by atoms with van der Waals surface area (Å²) in [5.41, 5.74) is 6.18. The lowest BCUT2D eigenvalue weighted by Gasteiger charge is -2.15. The van der Waals surface area contributed by atoms with Crippen LogP contribution in [0.5, 0.6) is 0 Å². The van der Waals surface area contributed by atoms with Gasteiger partial charge in [-0.1, -0.05) is 32.0 Å². The third kappa shape index (κ3) is 2.97. The van der Waals surface area contributed by atoms with Crippen LogP contribution in [0.1, 0.15) is 63.1 Å². The highest BCUT2D eigenvalue weighted by molar-refractivity contribution is 6.01. The molecule has 0 N–H and O–H groups in total. The summed E-state index contributed by atoms with van der Waals surface area (Å²) in [5, 5.41) is 0. The molecule has 1 aromatic carbocycles. The van der Waals surface area contributed by atoms with Crippen molar-refractivity contribution in [1.29, 1.82) is 0 Å². The van der Waals surface area contributed by atoms with Crippen molar-refractivity contribution in [2.24, 2.45) is 5.92 Å². The number of ketones is 1. The molecule has 1 saturated carbocycles. The molecule has 1 nitrogen and oxygen atoms in total. The topological polar surface area (TPSA) is 17.1 Å². The largest absolute Gasteiger partial charge is 0.295 e. The number of Topliss-reactive ketones (excluding diaryl/α,β-unsaturated/α-hetero) is 1. The fourth-order valence-electron chi connectivity index (χ4n) is 2.97. The van der Waals surface area contributed by atoms with Crippen LogP contribution in [0.2, 0.25) is 0 Å². The van der Waals surface area contributed by atoms with E-state index in [1.807, 2.05) is 0 Å². The molecule has 0 unspecified atom stereocenters. The Morgan fingerprint density at radius 2 is 1.84 bits per heavy atom. The zero-order valence-corrected chi connectivity index (χ0v) is 12.7. The average molecular weight is 256 g/mol. The molecule has 102 valence electrons. The van der Waals surface area contributed by atoms with Crippen LogP contribution in [0.15, 0.2) is 23.8 Å². The van der Waals surface area contributed by atoms with Crippen LogP contribution in [0.3, 0.4) is 0 Å². The van der Waals surface area contributed by atoms with Gasteiger partial charge in [0.1, 0.15) is 0 Å². The van der Waals surface area contributed by atoms with E-state index in [1.54, 1.807) is 6.92 Å². The van der Waals surface area contributed by atoms with Crippen molar-refractivity contribution >= 4 is 11.4 Å². The summed E-state index contributed by atoms with van der Waals surface area (Å²) in [7, 11) is 0. The van der Waals surface area contributed by atoms with E-state index in [4.69, 9.17) is 0 Å². The fourth-order valence-corrected chi connectivity index (χ4v) is 2.97. The van der Waals surface area contributed by atoms with Crippen molar-refractivity contribution in [3.8, 4) is 0 Å². The summed E-state index contributed by atoms with van der Waals surface area (Å²) >= 11 is 0. The third-order valence-electron chi connectivity index (χ3n) is 4.09. The summed E-state index contributed by atoms with van der Waals surface area (Å²) in [5.74, 6) is 1.23. The van der Waals surface area contributed by atoms with Gasteiger partial charge in [0.25, 0.3) is 0 Å². The molecule has 0 saturated heterocycles. The van der Waals surface area contributed by atoms with Gasteiger partial charge in [0, 0.05) is 5.57 Å². The van der Waals surface area contributed by atoms with Crippen LogP contribution >= 0.6 is 0 Å². The zero-order chi connectivity index (χ0) is 14.2. The lowest BCUT2D eigenvalue weighted by molar-refractivity contribution is -0.113. The third-order valence-corrected chi connectivity index (χ3v) is 4.09. The Bertz CT molecular complexity index is 531. The molecule has 1 aliphatic carbocycles. The first-order valence-corrected chi connectivity index (χ1v) is 7.24.